The van der Waals surface area contributed by atoms with Gasteiger partial charge in [-0.05, 0) is 24.3 Å². The fraction of sp³-hybridized carbons (Fsp3) is 0.0769. The lowest BCUT2D eigenvalue weighted by Gasteiger charge is -2.18. The summed E-state index contributed by atoms with van der Waals surface area (Å²) in [6.07, 6.45) is 0. The van der Waals surface area contributed by atoms with Crippen LogP contribution in [0, 0.1) is 0 Å². The Kier molecular flexibility index (Phi) is 5.94. The van der Waals surface area contributed by atoms with Crippen LogP contribution in [0.1, 0.15) is 0 Å². The van der Waals surface area contributed by atoms with Gasteiger partial charge in [0.05, 0.1) is 0 Å². The molecule has 0 unspecified atom stereocenters. The maximum atomic E-state index is 7.17. The van der Waals surface area contributed by atoms with E-state index in [0.29, 0.717) is 0 Å². The van der Waals surface area contributed by atoms with Crippen LogP contribution in [-0.4, -0.2) is 29.4 Å². The molecule has 2 aromatic carbocycles. The fourth-order valence-electron chi connectivity index (χ4n) is 1.45. The highest BCUT2D eigenvalue weighted by Gasteiger charge is 2.00. The maximum Gasteiger partial charge on any atom is 0.631 e. The Bertz CT molecular complexity index is 394. The summed E-state index contributed by atoms with van der Waals surface area (Å²) < 4.78 is 0. The second kappa shape index (κ2) is 7.50. The Morgan fingerprint density at radius 3 is 1.28 bits per heavy atom. The molecule has 94 valence electrons. The molecule has 0 spiro atoms. The molecule has 4 nitrogen and oxygen atoms in total. The Morgan fingerprint density at radius 2 is 1.00 bits per heavy atom. The molecular formula is C13H16BNO3. The average Bonchev–Trinajstić information content (AvgIpc) is 2.39. The smallest absolute Gasteiger partial charge is 0.402 e. The summed E-state index contributed by atoms with van der Waals surface area (Å²) in [4.78, 5) is 2.17. The molecule has 5 heteroatoms. The third-order valence-corrected chi connectivity index (χ3v) is 2.29. The van der Waals surface area contributed by atoms with Gasteiger partial charge in [0.15, 0.2) is 0 Å². The van der Waals surface area contributed by atoms with E-state index in [4.69, 9.17) is 15.1 Å². The summed E-state index contributed by atoms with van der Waals surface area (Å²) in [5.41, 5.74) is 2.41. The van der Waals surface area contributed by atoms with Gasteiger partial charge in [0.1, 0.15) is 0 Å². The molecule has 0 aromatic heterocycles. The van der Waals surface area contributed by atoms with Crippen LogP contribution in [-0.2, 0) is 0 Å². The van der Waals surface area contributed by atoms with Crippen molar-refractivity contribution in [1.82, 2.24) is 0 Å². The van der Waals surface area contributed by atoms with Crippen LogP contribution in [0.4, 0.5) is 11.4 Å². The summed E-state index contributed by atoms with van der Waals surface area (Å²) in [6.45, 7) is 0. The average molecular weight is 245 g/mol. The van der Waals surface area contributed by atoms with Gasteiger partial charge in [0.2, 0.25) is 0 Å². The third-order valence-electron chi connectivity index (χ3n) is 2.29. The van der Waals surface area contributed by atoms with Crippen LogP contribution >= 0.6 is 0 Å². The van der Waals surface area contributed by atoms with E-state index in [2.05, 4.69) is 60.5 Å². The Morgan fingerprint density at radius 1 is 0.722 bits per heavy atom. The molecule has 0 heterocycles. The van der Waals surface area contributed by atoms with Crippen LogP contribution in [0.15, 0.2) is 60.7 Å². The van der Waals surface area contributed by atoms with Crippen LogP contribution in [0.2, 0.25) is 0 Å². The van der Waals surface area contributed by atoms with E-state index in [1.165, 1.54) is 11.4 Å². The lowest BCUT2D eigenvalue weighted by atomic mass is 10.2. The highest BCUT2D eigenvalue weighted by Crippen LogP contribution is 2.21. The Labute approximate surface area is 107 Å². The van der Waals surface area contributed by atoms with E-state index in [1.54, 1.807) is 0 Å². The standard InChI is InChI=1S/C13H13N.BH3O3/c1-14(12-8-4-2-5-9-12)13-10-6-3-7-11-13;2-1(3)4/h2-11H,1H3;2-4H. The third kappa shape index (κ3) is 5.01. The molecule has 2 aromatic rings. The van der Waals surface area contributed by atoms with Gasteiger partial charge >= 0.3 is 7.32 Å². The molecule has 0 fully saturated rings. The molecule has 0 aliphatic heterocycles. The maximum absolute atomic E-state index is 7.17. The van der Waals surface area contributed by atoms with Crippen molar-refractivity contribution in [1.29, 1.82) is 0 Å². The lowest BCUT2D eigenvalue weighted by Crippen LogP contribution is -2.08. The summed E-state index contributed by atoms with van der Waals surface area (Å²) in [7, 11) is -0.0926. The zero-order chi connectivity index (χ0) is 13.4. The number of nitrogens with zero attached hydrogens (tertiary/aromatic N) is 1. The number of benzene rings is 2. The second-order valence-electron chi connectivity index (χ2n) is 3.58. The largest absolute Gasteiger partial charge is 0.631 e. The van der Waals surface area contributed by atoms with Crippen LogP contribution in [0.5, 0.6) is 0 Å². The van der Waals surface area contributed by atoms with Crippen molar-refractivity contribution in [2.45, 2.75) is 0 Å². The molecule has 0 saturated heterocycles. The lowest BCUT2D eigenvalue weighted by molar-refractivity contribution is 0.278. The first kappa shape index (κ1) is 14.2. The van der Waals surface area contributed by atoms with Crippen LogP contribution in [0.3, 0.4) is 0 Å². The van der Waals surface area contributed by atoms with Crippen LogP contribution in [0.25, 0.3) is 0 Å². The minimum Gasteiger partial charge on any atom is -0.402 e. The van der Waals surface area contributed by atoms with E-state index < -0.39 is 7.32 Å². The number of para-hydroxylation sites is 2. The summed E-state index contributed by atoms with van der Waals surface area (Å²) >= 11 is 0. The van der Waals surface area contributed by atoms with Crippen molar-refractivity contribution in [3.63, 3.8) is 0 Å². The van der Waals surface area contributed by atoms with Crippen molar-refractivity contribution < 1.29 is 15.1 Å². The SMILES string of the molecule is CN(c1ccccc1)c1ccccc1.OB(O)O. The number of hydrogen-bond donors (Lipinski definition) is 3. The molecule has 2 rings (SSSR count). The predicted molar refractivity (Wildman–Crippen MR) is 73.4 cm³/mol. The van der Waals surface area contributed by atoms with Gasteiger partial charge in [-0.15, -0.1) is 0 Å². The summed E-state index contributed by atoms with van der Waals surface area (Å²) in [6, 6.07) is 20.7. The molecule has 0 saturated carbocycles. The Balaban J connectivity index is 0.000000357. The van der Waals surface area contributed by atoms with Crippen molar-refractivity contribution in [2.75, 3.05) is 11.9 Å². The van der Waals surface area contributed by atoms with Gasteiger partial charge in [-0.3, -0.25) is 0 Å². The second-order valence-corrected chi connectivity index (χ2v) is 3.58. The number of anilines is 2. The van der Waals surface area contributed by atoms with Crippen molar-refractivity contribution in [3.8, 4) is 0 Å². The van der Waals surface area contributed by atoms with E-state index in [0.717, 1.165) is 0 Å². The van der Waals surface area contributed by atoms with Gasteiger partial charge in [-0.1, -0.05) is 36.4 Å². The van der Waals surface area contributed by atoms with E-state index in [1.807, 2.05) is 12.1 Å². The molecule has 0 aliphatic rings. The molecule has 0 aliphatic carbocycles. The zero-order valence-electron chi connectivity index (χ0n) is 10.1. The monoisotopic (exact) mass is 245 g/mol. The fourth-order valence-corrected chi connectivity index (χ4v) is 1.45. The molecule has 0 atom stereocenters. The van der Waals surface area contributed by atoms with Gasteiger partial charge in [-0.2, -0.15) is 0 Å². The molecule has 0 radical (unpaired) electrons. The molecule has 18 heavy (non-hydrogen) atoms. The minimum absolute atomic E-state index is 1.21. The van der Waals surface area contributed by atoms with Gasteiger partial charge in [0, 0.05) is 18.4 Å². The van der Waals surface area contributed by atoms with Crippen molar-refractivity contribution in [2.24, 2.45) is 0 Å². The molecule has 3 N–H and O–H groups in total. The molecule has 0 bridgehead atoms. The molecular weight excluding hydrogens is 229 g/mol. The van der Waals surface area contributed by atoms with E-state index >= 15 is 0 Å². The van der Waals surface area contributed by atoms with E-state index in [-0.39, 0.29) is 0 Å². The summed E-state index contributed by atoms with van der Waals surface area (Å²) in [5, 5.41) is 21.5. The zero-order valence-corrected chi connectivity index (χ0v) is 10.1. The van der Waals surface area contributed by atoms with Gasteiger partial charge in [0.25, 0.3) is 0 Å². The predicted octanol–water partition coefficient (Wildman–Crippen LogP) is 1.40. The first-order valence-electron chi connectivity index (χ1n) is 5.49. The minimum atomic E-state index is -2.17. The van der Waals surface area contributed by atoms with Crippen molar-refractivity contribution in [3.05, 3.63) is 60.7 Å². The first-order valence-corrected chi connectivity index (χ1v) is 5.49. The highest BCUT2D eigenvalue weighted by atomic mass is 16.5. The highest BCUT2D eigenvalue weighted by molar-refractivity contribution is 6.30. The topological polar surface area (TPSA) is 63.9 Å². The number of rotatable bonds is 2. The van der Waals surface area contributed by atoms with Gasteiger partial charge < -0.3 is 20.0 Å². The summed E-state index contributed by atoms with van der Waals surface area (Å²) in [5.74, 6) is 0. The van der Waals surface area contributed by atoms with Crippen LogP contribution < -0.4 is 4.90 Å². The normalized spacial score (nSPS) is 9.11. The first-order chi connectivity index (χ1) is 8.61. The van der Waals surface area contributed by atoms with Crippen molar-refractivity contribution >= 4 is 18.7 Å². The van der Waals surface area contributed by atoms with E-state index in [9.17, 15) is 0 Å². The quantitative estimate of drug-likeness (QED) is 0.700. The van der Waals surface area contributed by atoms with Gasteiger partial charge in [-0.25, -0.2) is 0 Å². The Hall–Kier alpha value is -1.82. The number of hydrogen-bond acceptors (Lipinski definition) is 4. The molecule has 0 amide bonds.